The maximum atomic E-state index is 12.8. The van der Waals surface area contributed by atoms with Crippen molar-refractivity contribution < 1.29 is 9.21 Å². The Bertz CT molecular complexity index is 1010. The molecule has 1 aliphatic rings. The van der Waals surface area contributed by atoms with Crippen molar-refractivity contribution >= 4 is 17.0 Å². The van der Waals surface area contributed by atoms with Gasteiger partial charge in [0.1, 0.15) is 6.54 Å². The van der Waals surface area contributed by atoms with Crippen LogP contribution in [-0.4, -0.2) is 38.4 Å². The highest BCUT2D eigenvalue weighted by atomic mass is 16.4. The first kappa shape index (κ1) is 16.5. The SMILES string of the molecule is Cc1cncc([C@@H]2CCCN(C(=O)Cn3c(=O)oc4ccccc43)C2)n1. The largest absolute Gasteiger partial charge is 0.420 e. The Balaban J connectivity index is 1.52. The molecule has 1 saturated heterocycles. The number of carbonyl (C=O) groups excluding carboxylic acids is 1. The maximum absolute atomic E-state index is 12.8. The summed E-state index contributed by atoms with van der Waals surface area (Å²) < 4.78 is 6.61. The highest BCUT2D eigenvalue weighted by Crippen LogP contribution is 2.25. The first-order valence-corrected chi connectivity index (χ1v) is 8.76. The Labute approximate surface area is 150 Å². The van der Waals surface area contributed by atoms with Gasteiger partial charge in [0.15, 0.2) is 5.58 Å². The molecule has 1 fully saturated rings. The van der Waals surface area contributed by atoms with E-state index in [1.54, 1.807) is 30.6 Å². The van der Waals surface area contributed by atoms with Crippen molar-refractivity contribution in [1.29, 1.82) is 0 Å². The lowest BCUT2D eigenvalue weighted by Crippen LogP contribution is -2.42. The Morgan fingerprint density at radius 2 is 2.15 bits per heavy atom. The number of amides is 1. The van der Waals surface area contributed by atoms with Crippen LogP contribution in [0.4, 0.5) is 0 Å². The molecule has 0 bridgehead atoms. The predicted octanol–water partition coefficient (Wildman–Crippen LogP) is 2.10. The number of aryl methyl sites for hydroxylation is 1. The quantitative estimate of drug-likeness (QED) is 0.721. The molecule has 0 N–H and O–H groups in total. The van der Waals surface area contributed by atoms with Crippen molar-refractivity contribution in [1.82, 2.24) is 19.4 Å². The Morgan fingerprint density at radius 1 is 1.31 bits per heavy atom. The second kappa shape index (κ2) is 6.74. The summed E-state index contributed by atoms with van der Waals surface area (Å²) in [6, 6.07) is 7.14. The minimum absolute atomic E-state index is 0.0118. The molecular weight excluding hydrogens is 332 g/mol. The van der Waals surface area contributed by atoms with Gasteiger partial charge in [-0.05, 0) is 31.9 Å². The lowest BCUT2D eigenvalue weighted by molar-refractivity contribution is -0.133. The topological polar surface area (TPSA) is 81.2 Å². The number of likely N-dealkylation sites (tertiary alicyclic amines) is 1. The Morgan fingerprint density at radius 3 is 3.00 bits per heavy atom. The molecule has 1 atom stereocenters. The molecule has 2 aromatic heterocycles. The summed E-state index contributed by atoms with van der Waals surface area (Å²) in [5.74, 6) is -0.403. The summed E-state index contributed by atoms with van der Waals surface area (Å²) in [6.07, 6.45) is 5.40. The molecule has 7 nitrogen and oxygen atoms in total. The predicted molar refractivity (Wildman–Crippen MR) is 95.8 cm³/mol. The number of hydrogen-bond acceptors (Lipinski definition) is 5. The van der Waals surface area contributed by atoms with Crippen molar-refractivity contribution in [2.75, 3.05) is 13.1 Å². The van der Waals surface area contributed by atoms with Crippen molar-refractivity contribution in [3.8, 4) is 0 Å². The molecule has 1 amide bonds. The third-order valence-corrected chi connectivity index (χ3v) is 4.83. The van der Waals surface area contributed by atoms with Crippen LogP contribution in [0.2, 0.25) is 0 Å². The molecular formula is C19H20N4O3. The number of oxazole rings is 1. The van der Waals surface area contributed by atoms with E-state index in [0.717, 1.165) is 24.2 Å². The van der Waals surface area contributed by atoms with E-state index < -0.39 is 5.76 Å². The molecule has 4 rings (SSSR count). The minimum Gasteiger partial charge on any atom is -0.408 e. The minimum atomic E-state index is -0.502. The first-order chi connectivity index (χ1) is 12.6. The van der Waals surface area contributed by atoms with Crippen molar-refractivity contribution in [2.24, 2.45) is 0 Å². The zero-order valence-corrected chi connectivity index (χ0v) is 14.6. The van der Waals surface area contributed by atoms with Crippen LogP contribution in [0.3, 0.4) is 0 Å². The highest BCUT2D eigenvalue weighted by molar-refractivity contribution is 5.79. The summed E-state index contributed by atoms with van der Waals surface area (Å²) in [5, 5.41) is 0. The molecule has 26 heavy (non-hydrogen) atoms. The number of para-hydroxylation sites is 2. The molecule has 0 spiro atoms. The van der Waals surface area contributed by atoms with E-state index in [9.17, 15) is 9.59 Å². The third kappa shape index (κ3) is 3.12. The fourth-order valence-corrected chi connectivity index (χ4v) is 3.52. The lowest BCUT2D eigenvalue weighted by Gasteiger charge is -2.32. The Hall–Kier alpha value is -2.96. The van der Waals surface area contributed by atoms with E-state index in [1.165, 1.54) is 4.57 Å². The molecule has 0 saturated carbocycles. The molecule has 7 heteroatoms. The van der Waals surface area contributed by atoms with Crippen LogP contribution in [0.15, 0.2) is 45.9 Å². The summed E-state index contributed by atoms with van der Waals surface area (Å²) in [5.41, 5.74) is 2.94. The Kier molecular flexibility index (Phi) is 4.28. The lowest BCUT2D eigenvalue weighted by atomic mass is 9.95. The fourth-order valence-electron chi connectivity index (χ4n) is 3.52. The summed E-state index contributed by atoms with van der Waals surface area (Å²) in [4.78, 5) is 35.5. The number of hydrogen-bond donors (Lipinski definition) is 0. The number of benzene rings is 1. The van der Waals surface area contributed by atoms with Crippen LogP contribution in [0.25, 0.3) is 11.1 Å². The molecule has 0 radical (unpaired) electrons. The first-order valence-electron chi connectivity index (χ1n) is 8.76. The third-order valence-electron chi connectivity index (χ3n) is 4.83. The number of rotatable bonds is 3. The summed E-state index contributed by atoms with van der Waals surface area (Å²) in [7, 11) is 0. The fraction of sp³-hybridized carbons (Fsp3) is 0.368. The maximum Gasteiger partial charge on any atom is 0.420 e. The second-order valence-corrected chi connectivity index (χ2v) is 6.69. The van der Waals surface area contributed by atoms with Gasteiger partial charge in [-0.25, -0.2) is 4.79 Å². The highest BCUT2D eigenvalue weighted by Gasteiger charge is 2.26. The van der Waals surface area contributed by atoms with Gasteiger partial charge in [0, 0.05) is 31.4 Å². The number of nitrogens with zero attached hydrogens (tertiary/aromatic N) is 4. The summed E-state index contributed by atoms with van der Waals surface area (Å²) >= 11 is 0. The molecule has 3 aromatic rings. The van der Waals surface area contributed by atoms with Gasteiger partial charge < -0.3 is 9.32 Å². The molecule has 134 valence electrons. The zero-order valence-electron chi connectivity index (χ0n) is 14.6. The van der Waals surface area contributed by atoms with Gasteiger partial charge in [0.05, 0.1) is 16.9 Å². The normalized spacial score (nSPS) is 17.6. The van der Waals surface area contributed by atoms with E-state index in [-0.39, 0.29) is 18.4 Å². The van der Waals surface area contributed by atoms with Gasteiger partial charge in [0.2, 0.25) is 5.91 Å². The van der Waals surface area contributed by atoms with Crippen molar-refractivity contribution in [2.45, 2.75) is 32.2 Å². The number of carbonyl (C=O) groups is 1. The number of piperidine rings is 1. The van der Waals surface area contributed by atoms with Crippen LogP contribution < -0.4 is 5.76 Å². The van der Waals surface area contributed by atoms with Crippen LogP contribution >= 0.6 is 0 Å². The molecule has 0 aliphatic carbocycles. The second-order valence-electron chi connectivity index (χ2n) is 6.69. The van der Waals surface area contributed by atoms with Crippen LogP contribution in [0.5, 0.6) is 0 Å². The standard InChI is InChI=1S/C19H20N4O3/c1-13-9-20-10-15(21-13)14-5-4-8-22(11-14)18(24)12-23-16-6-2-3-7-17(16)26-19(23)25/h2-3,6-7,9-10,14H,4-5,8,11-12H2,1H3/t14-/m1/s1. The van der Waals surface area contributed by atoms with Gasteiger partial charge in [-0.1, -0.05) is 12.1 Å². The van der Waals surface area contributed by atoms with Crippen LogP contribution in [-0.2, 0) is 11.3 Å². The van der Waals surface area contributed by atoms with Crippen molar-refractivity contribution in [3.63, 3.8) is 0 Å². The van der Waals surface area contributed by atoms with Gasteiger partial charge >= 0.3 is 5.76 Å². The van der Waals surface area contributed by atoms with Gasteiger partial charge in [-0.2, -0.15) is 0 Å². The zero-order chi connectivity index (χ0) is 18.1. The summed E-state index contributed by atoms with van der Waals surface area (Å²) in [6.45, 7) is 3.20. The van der Waals surface area contributed by atoms with E-state index >= 15 is 0 Å². The smallest absolute Gasteiger partial charge is 0.408 e. The van der Waals surface area contributed by atoms with E-state index in [1.807, 2.05) is 17.9 Å². The van der Waals surface area contributed by atoms with Gasteiger partial charge in [-0.3, -0.25) is 19.3 Å². The van der Waals surface area contributed by atoms with Crippen LogP contribution in [0.1, 0.15) is 30.1 Å². The van der Waals surface area contributed by atoms with E-state index in [0.29, 0.717) is 24.2 Å². The van der Waals surface area contributed by atoms with Crippen LogP contribution in [0, 0.1) is 6.92 Å². The van der Waals surface area contributed by atoms with E-state index in [2.05, 4.69) is 9.97 Å². The number of aromatic nitrogens is 3. The average molecular weight is 352 g/mol. The monoisotopic (exact) mass is 352 g/mol. The van der Waals surface area contributed by atoms with Gasteiger partial charge in [-0.15, -0.1) is 0 Å². The molecule has 3 heterocycles. The molecule has 1 aromatic carbocycles. The van der Waals surface area contributed by atoms with Gasteiger partial charge in [0.25, 0.3) is 0 Å². The number of fused-ring (bicyclic) bond motifs is 1. The van der Waals surface area contributed by atoms with E-state index in [4.69, 9.17) is 4.42 Å². The molecule has 0 unspecified atom stereocenters. The molecule has 1 aliphatic heterocycles. The average Bonchev–Trinajstić information content (AvgIpc) is 2.97. The van der Waals surface area contributed by atoms with Crippen molar-refractivity contribution in [3.05, 3.63) is 58.6 Å².